The number of halogens is 3. The molecule has 0 aliphatic heterocycles. The molecule has 0 spiro atoms. The first kappa shape index (κ1) is 17.5. The van der Waals surface area contributed by atoms with Gasteiger partial charge in [-0.15, -0.1) is 10.2 Å². The van der Waals surface area contributed by atoms with Gasteiger partial charge < -0.3 is 0 Å². The van der Waals surface area contributed by atoms with Crippen molar-refractivity contribution < 1.29 is 13.2 Å². The van der Waals surface area contributed by atoms with Gasteiger partial charge in [-0.25, -0.2) is 0 Å². The van der Waals surface area contributed by atoms with Gasteiger partial charge in [0.25, 0.3) is 0 Å². The van der Waals surface area contributed by atoms with Crippen LogP contribution in [0.2, 0.25) is 0 Å². The molecule has 25 heavy (non-hydrogen) atoms. The van der Waals surface area contributed by atoms with Gasteiger partial charge in [-0.05, 0) is 37.6 Å². The lowest BCUT2D eigenvalue weighted by Crippen LogP contribution is -2.05. The molecular weight excluding hydrogens is 347 g/mol. The predicted molar refractivity (Wildman–Crippen MR) is 91.8 cm³/mol. The van der Waals surface area contributed by atoms with Gasteiger partial charge in [0.2, 0.25) is 0 Å². The van der Waals surface area contributed by atoms with Gasteiger partial charge in [-0.1, -0.05) is 47.7 Å². The standard InChI is InChI=1S/C18H16F3N3S/c1-12-6-8-16(9-7-12)24-13(2)22-23-17(24)25-11-14-4-3-5-15(10-14)18(19,20)21/h3-10H,11H2,1-2H3. The number of nitrogens with zero attached hydrogens (tertiary/aromatic N) is 3. The smallest absolute Gasteiger partial charge is 0.274 e. The molecule has 130 valence electrons. The van der Waals surface area contributed by atoms with Crippen LogP contribution >= 0.6 is 11.8 Å². The van der Waals surface area contributed by atoms with E-state index in [0.717, 1.165) is 23.1 Å². The Morgan fingerprint density at radius 3 is 2.40 bits per heavy atom. The minimum absolute atomic E-state index is 0.383. The summed E-state index contributed by atoms with van der Waals surface area (Å²) < 4.78 is 40.4. The number of hydrogen-bond acceptors (Lipinski definition) is 3. The molecule has 2 aromatic carbocycles. The van der Waals surface area contributed by atoms with Crippen molar-refractivity contribution in [1.82, 2.24) is 14.8 Å². The van der Waals surface area contributed by atoms with Crippen molar-refractivity contribution in [3.8, 4) is 5.69 Å². The van der Waals surface area contributed by atoms with Crippen molar-refractivity contribution in [2.75, 3.05) is 0 Å². The maximum absolute atomic E-state index is 12.8. The van der Waals surface area contributed by atoms with E-state index in [-0.39, 0.29) is 0 Å². The van der Waals surface area contributed by atoms with Crippen LogP contribution in [0.5, 0.6) is 0 Å². The average Bonchev–Trinajstić information content (AvgIpc) is 2.94. The third kappa shape index (κ3) is 4.04. The fraction of sp³-hybridized carbons (Fsp3) is 0.222. The highest BCUT2D eigenvalue weighted by Crippen LogP contribution is 2.31. The molecule has 0 aliphatic rings. The highest BCUT2D eigenvalue weighted by atomic mass is 32.2. The monoisotopic (exact) mass is 363 g/mol. The summed E-state index contributed by atoms with van der Waals surface area (Å²) in [5, 5.41) is 8.90. The molecule has 3 aromatic rings. The molecule has 3 nitrogen and oxygen atoms in total. The fourth-order valence-corrected chi connectivity index (χ4v) is 3.35. The van der Waals surface area contributed by atoms with Gasteiger partial charge in [0.15, 0.2) is 5.16 Å². The Morgan fingerprint density at radius 2 is 1.72 bits per heavy atom. The van der Waals surface area contributed by atoms with Gasteiger partial charge in [0.1, 0.15) is 5.82 Å². The van der Waals surface area contributed by atoms with E-state index in [1.807, 2.05) is 42.7 Å². The summed E-state index contributed by atoms with van der Waals surface area (Å²) in [4.78, 5) is 0. The van der Waals surface area contributed by atoms with E-state index in [0.29, 0.717) is 16.5 Å². The molecule has 1 heterocycles. The molecule has 0 atom stereocenters. The Kier molecular flexibility index (Phi) is 4.85. The SMILES string of the molecule is Cc1ccc(-n2c(C)nnc2SCc2cccc(C(F)(F)F)c2)cc1. The number of alkyl halides is 3. The molecule has 0 saturated heterocycles. The molecule has 0 fully saturated rings. The minimum atomic E-state index is -4.33. The van der Waals surface area contributed by atoms with Crippen molar-refractivity contribution >= 4 is 11.8 Å². The number of thioether (sulfide) groups is 1. The Balaban J connectivity index is 1.82. The average molecular weight is 363 g/mol. The summed E-state index contributed by atoms with van der Waals surface area (Å²) in [5.74, 6) is 1.11. The van der Waals surface area contributed by atoms with Gasteiger partial charge in [0, 0.05) is 11.4 Å². The van der Waals surface area contributed by atoms with Crippen LogP contribution < -0.4 is 0 Å². The molecule has 0 aliphatic carbocycles. The second-order valence-electron chi connectivity index (χ2n) is 5.69. The largest absolute Gasteiger partial charge is 0.416 e. The Bertz CT molecular complexity index is 870. The summed E-state index contributed by atoms with van der Waals surface area (Å²) in [5.41, 5.74) is 2.03. The zero-order valence-electron chi connectivity index (χ0n) is 13.7. The zero-order valence-corrected chi connectivity index (χ0v) is 14.5. The fourth-order valence-electron chi connectivity index (χ4n) is 2.41. The first-order valence-corrected chi connectivity index (χ1v) is 8.61. The van der Waals surface area contributed by atoms with Crippen LogP contribution in [0.15, 0.2) is 53.7 Å². The number of aryl methyl sites for hydroxylation is 2. The third-order valence-corrected chi connectivity index (χ3v) is 4.71. The summed E-state index contributed by atoms with van der Waals surface area (Å²) in [6.07, 6.45) is -4.33. The molecule has 3 rings (SSSR count). The van der Waals surface area contributed by atoms with E-state index in [2.05, 4.69) is 10.2 Å². The van der Waals surface area contributed by atoms with E-state index < -0.39 is 11.7 Å². The van der Waals surface area contributed by atoms with Gasteiger partial charge in [-0.2, -0.15) is 13.2 Å². The van der Waals surface area contributed by atoms with Crippen LogP contribution in [0.4, 0.5) is 13.2 Å². The zero-order chi connectivity index (χ0) is 18.0. The van der Waals surface area contributed by atoms with E-state index in [1.54, 1.807) is 6.07 Å². The highest BCUT2D eigenvalue weighted by Gasteiger charge is 2.30. The minimum Gasteiger partial charge on any atom is -0.274 e. The maximum Gasteiger partial charge on any atom is 0.416 e. The van der Waals surface area contributed by atoms with Crippen molar-refractivity contribution in [3.63, 3.8) is 0 Å². The molecule has 0 N–H and O–H groups in total. The van der Waals surface area contributed by atoms with E-state index >= 15 is 0 Å². The van der Waals surface area contributed by atoms with E-state index in [9.17, 15) is 13.2 Å². The van der Waals surface area contributed by atoms with Crippen molar-refractivity contribution in [3.05, 3.63) is 71.0 Å². The molecule has 1 aromatic heterocycles. The van der Waals surface area contributed by atoms with Crippen LogP contribution in [-0.4, -0.2) is 14.8 Å². The maximum atomic E-state index is 12.8. The van der Waals surface area contributed by atoms with E-state index in [4.69, 9.17) is 0 Å². The second kappa shape index (κ2) is 6.92. The molecule has 0 saturated carbocycles. The van der Waals surface area contributed by atoms with Crippen LogP contribution in [0, 0.1) is 13.8 Å². The highest BCUT2D eigenvalue weighted by molar-refractivity contribution is 7.98. The molecule has 0 bridgehead atoms. The Labute approximate surface area is 147 Å². The summed E-state index contributed by atoms with van der Waals surface area (Å²) >= 11 is 1.36. The predicted octanol–water partition coefficient (Wildman–Crippen LogP) is 5.20. The van der Waals surface area contributed by atoms with Crippen LogP contribution in [0.3, 0.4) is 0 Å². The lowest BCUT2D eigenvalue weighted by molar-refractivity contribution is -0.137. The summed E-state index contributed by atoms with van der Waals surface area (Å²) in [7, 11) is 0. The Hall–Kier alpha value is -2.28. The van der Waals surface area contributed by atoms with Crippen LogP contribution in [0.25, 0.3) is 5.69 Å². The normalized spacial score (nSPS) is 11.7. The van der Waals surface area contributed by atoms with E-state index in [1.165, 1.54) is 23.9 Å². The van der Waals surface area contributed by atoms with Crippen LogP contribution in [0.1, 0.15) is 22.5 Å². The second-order valence-corrected chi connectivity index (χ2v) is 6.63. The quantitative estimate of drug-likeness (QED) is 0.597. The molecular formula is C18H16F3N3S. The third-order valence-electron chi connectivity index (χ3n) is 3.71. The molecule has 7 heteroatoms. The van der Waals surface area contributed by atoms with Gasteiger partial charge >= 0.3 is 6.18 Å². The molecule has 0 amide bonds. The summed E-state index contributed by atoms with van der Waals surface area (Å²) in [6.45, 7) is 3.85. The van der Waals surface area contributed by atoms with Crippen LogP contribution in [-0.2, 0) is 11.9 Å². The number of rotatable bonds is 4. The first-order chi connectivity index (χ1) is 11.8. The van der Waals surface area contributed by atoms with Crippen molar-refractivity contribution in [2.24, 2.45) is 0 Å². The topological polar surface area (TPSA) is 30.7 Å². The molecule has 0 unspecified atom stereocenters. The van der Waals surface area contributed by atoms with Crippen molar-refractivity contribution in [2.45, 2.75) is 30.9 Å². The Morgan fingerprint density at radius 1 is 1.00 bits per heavy atom. The van der Waals surface area contributed by atoms with Gasteiger partial charge in [-0.3, -0.25) is 4.57 Å². The number of hydrogen-bond donors (Lipinski definition) is 0. The first-order valence-electron chi connectivity index (χ1n) is 7.62. The molecule has 0 radical (unpaired) electrons. The lowest BCUT2D eigenvalue weighted by atomic mass is 10.1. The van der Waals surface area contributed by atoms with Gasteiger partial charge in [0.05, 0.1) is 5.56 Å². The lowest BCUT2D eigenvalue weighted by Gasteiger charge is -2.10. The number of aromatic nitrogens is 3. The summed E-state index contributed by atoms with van der Waals surface area (Å²) in [6, 6.07) is 13.3. The van der Waals surface area contributed by atoms with Crippen molar-refractivity contribution in [1.29, 1.82) is 0 Å². The number of benzene rings is 2.